The quantitative estimate of drug-likeness (QED) is 0.563. The zero-order valence-corrected chi connectivity index (χ0v) is 14.3. The first-order chi connectivity index (χ1) is 12.6. The first kappa shape index (κ1) is 16.0. The van der Waals surface area contributed by atoms with Gasteiger partial charge < -0.3 is 5.73 Å². The molecule has 3 heterocycles. The summed E-state index contributed by atoms with van der Waals surface area (Å²) in [5, 5.41) is 6.19. The molecule has 1 aromatic carbocycles. The minimum Gasteiger partial charge on any atom is -0.351 e. The Bertz CT molecular complexity index is 1090. The molecule has 4 rings (SSSR count). The second-order valence-electron chi connectivity index (χ2n) is 5.42. The maximum atomic E-state index is 12.6. The molecule has 2 N–H and O–H groups in total. The third-order valence-corrected chi connectivity index (χ3v) is 4.65. The van der Waals surface area contributed by atoms with E-state index in [1.807, 2.05) is 17.5 Å². The zero-order valence-electron chi connectivity index (χ0n) is 13.4. The number of benzene rings is 1. The Morgan fingerprint density at radius 3 is 2.58 bits per heavy atom. The summed E-state index contributed by atoms with van der Waals surface area (Å²) >= 11 is 1.34. The molecule has 0 fully saturated rings. The van der Waals surface area contributed by atoms with Crippen LogP contribution < -0.4 is 10.6 Å². The molecule has 0 saturated heterocycles. The molecule has 0 aliphatic heterocycles. The van der Waals surface area contributed by atoms with Gasteiger partial charge in [0.15, 0.2) is 5.65 Å². The number of ketones is 1. The Balaban J connectivity index is 1.85. The minimum absolute atomic E-state index is 0.193. The second kappa shape index (κ2) is 6.41. The van der Waals surface area contributed by atoms with Crippen molar-refractivity contribution in [2.45, 2.75) is 0 Å². The second-order valence-corrected chi connectivity index (χ2v) is 6.37. The van der Waals surface area contributed by atoms with E-state index < -0.39 is 6.03 Å². The molecule has 4 aromatic rings. The van der Waals surface area contributed by atoms with Gasteiger partial charge in [0.2, 0.25) is 5.78 Å². The van der Waals surface area contributed by atoms with Crippen molar-refractivity contribution in [3.63, 3.8) is 0 Å². The third kappa shape index (κ3) is 2.72. The van der Waals surface area contributed by atoms with Gasteiger partial charge in [-0.2, -0.15) is 9.61 Å². The maximum absolute atomic E-state index is 12.6. The van der Waals surface area contributed by atoms with Crippen molar-refractivity contribution in [1.29, 1.82) is 0 Å². The summed E-state index contributed by atoms with van der Waals surface area (Å²) in [6.07, 6.45) is 1.55. The monoisotopic (exact) mass is 363 g/mol. The van der Waals surface area contributed by atoms with Crippen molar-refractivity contribution in [3.05, 3.63) is 76.7 Å². The van der Waals surface area contributed by atoms with Crippen LogP contribution >= 0.6 is 11.3 Å². The number of anilines is 2. The predicted molar refractivity (Wildman–Crippen MR) is 98.9 cm³/mol. The van der Waals surface area contributed by atoms with Crippen molar-refractivity contribution < 1.29 is 9.59 Å². The van der Waals surface area contributed by atoms with Gasteiger partial charge in [0.05, 0.1) is 10.6 Å². The van der Waals surface area contributed by atoms with Crippen LogP contribution in [-0.2, 0) is 0 Å². The van der Waals surface area contributed by atoms with E-state index in [1.165, 1.54) is 20.8 Å². The van der Waals surface area contributed by atoms with E-state index in [-0.39, 0.29) is 11.5 Å². The number of urea groups is 1. The Morgan fingerprint density at radius 1 is 1.08 bits per heavy atom. The Morgan fingerprint density at radius 2 is 1.88 bits per heavy atom. The molecule has 8 heteroatoms. The van der Waals surface area contributed by atoms with Crippen LogP contribution in [0.25, 0.3) is 5.65 Å². The van der Waals surface area contributed by atoms with Crippen molar-refractivity contribution in [1.82, 2.24) is 14.6 Å². The number of hydrogen-bond donors (Lipinski definition) is 1. The average Bonchev–Trinajstić information content (AvgIpc) is 3.32. The van der Waals surface area contributed by atoms with Gasteiger partial charge in [-0.3, -0.25) is 4.79 Å². The van der Waals surface area contributed by atoms with Crippen LogP contribution in [-0.4, -0.2) is 26.4 Å². The van der Waals surface area contributed by atoms with E-state index in [2.05, 4.69) is 10.1 Å². The van der Waals surface area contributed by atoms with E-state index in [4.69, 9.17) is 5.73 Å². The molecule has 2 amide bonds. The highest BCUT2D eigenvalue weighted by Gasteiger charge is 2.21. The van der Waals surface area contributed by atoms with Crippen LogP contribution in [0.3, 0.4) is 0 Å². The predicted octanol–water partition coefficient (Wildman–Crippen LogP) is 3.24. The first-order valence-electron chi connectivity index (χ1n) is 7.73. The van der Waals surface area contributed by atoms with E-state index in [0.717, 1.165) is 0 Å². The Hall–Kier alpha value is -3.52. The summed E-state index contributed by atoms with van der Waals surface area (Å²) in [7, 11) is 0. The summed E-state index contributed by atoms with van der Waals surface area (Å²) in [6, 6.07) is 15.1. The van der Waals surface area contributed by atoms with E-state index >= 15 is 0 Å². The van der Waals surface area contributed by atoms with Crippen molar-refractivity contribution >= 4 is 40.3 Å². The molecule has 128 valence electrons. The standard InChI is InChI=1S/C18H13N5O2S/c19-18(25)22(12-5-2-1-3-6-12)16-8-9-20-15-11-13(21-23(15)16)17(24)14-7-4-10-26-14/h1-11H,(H2,19,25). The highest BCUT2D eigenvalue weighted by atomic mass is 32.1. The van der Waals surface area contributed by atoms with Crippen molar-refractivity contribution in [3.8, 4) is 0 Å². The van der Waals surface area contributed by atoms with Gasteiger partial charge >= 0.3 is 6.03 Å². The van der Waals surface area contributed by atoms with E-state index in [9.17, 15) is 9.59 Å². The van der Waals surface area contributed by atoms with Crippen LogP contribution in [0.4, 0.5) is 16.3 Å². The number of fused-ring (bicyclic) bond motifs is 1. The molecule has 0 radical (unpaired) electrons. The number of carbonyl (C=O) groups excluding carboxylic acids is 2. The molecule has 0 aliphatic carbocycles. The van der Waals surface area contributed by atoms with Gasteiger partial charge in [-0.15, -0.1) is 11.3 Å². The summed E-state index contributed by atoms with van der Waals surface area (Å²) < 4.78 is 1.44. The Labute approximate surface area is 152 Å². The number of nitrogens with zero attached hydrogens (tertiary/aromatic N) is 4. The van der Waals surface area contributed by atoms with Gasteiger partial charge in [-0.25, -0.2) is 14.7 Å². The number of carbonyl (C=O) groups is 2. The van der Waals surface area contributed by atoms with Gasteiger partial charge in [-0.1, -0.05) is 24.3 Å². The lowest BCUT2D eigenvalue weighted by molar-refractivity contribution is 0.103. The molecule has 0 bridgehead atoms. The van der Waals surface area contributed by atoms with Gasteiger partial charge in [0, 0.05) is 18.3 Å². The lowest BCUT2D eigenvalue weighted by atomic mass is 10.2. The fourth-order valence-electron chi connectivity index (χ4n) is 2.65. The molecular weight excluding hydrogens is 350 g/mol. The largest absolute Gasteiger partial charge is 0.351 e. The van der Waals surface area contributed by atoms with Gasteiger partial charge in [0.25, 0.3) is 0 Å². The summed E-state index contributed by atoms with van der Waals surface area (Å²) in [5.41, 5.74) is 6.89. The highest BCUT2D eigenvalue weighted by molar-refractivity contribution is 7.12. The number of aromatic nitrogens is 3. The number of rotatable bonds is 4. The lowest BCUT2D eigenvalue weighted by Crippen LogP contribution is -2.33. The SMILES string of the molecule is NC(=O)N(c1ccccc1)c1ccnc2cc(C(=O)c3cccs3)nn12. The lowest BCUT2D eigenvalue weighted by Gasteiger charge is -2.20. The number of thiophene rings is 1. The molecule has 26 heavy (non-hydrogen) atoms. The molecule has 0 atom stereocenters. The van der Waals surface area contributed by atoms with Gasteiger partial charge in [-0.05, 0) is 23.6 Å². The molecule has 0 saturated carbocycles. The van der Waals surface area contributed by atoms with Crippen LogP contribution in [0, 0.1) is 0 Å². The highest BCUT2D eigenvalue weighted by Crippen LogP contribution is 2.25. The number of para-hydroxylation sites is 1. The number of amides is 2. The normalized spacial score (nSPS) is 10.8. The fraction of sp³-hybridized carbons (Fsp3) is 0. The van der Waals surface area contributed by atoms with E-state index in [0.29, 0.717) is 22.0 Å². The van der Waals surface area contributed by atoms with Crippen LogP contribution in [0.15, 0.2) is 66.2 Å². The van der Waals surface area contributed by atoms with Crippen LogP contribution in [0.1, 0.15) is 15.4 Å². The van der Waals surface area contributed by atoms with Gasteiger partial charge in [0.1, 0.15) is 11.5 Å². The number of primary amides is 1. The van der Waals surface area contributed by atoms with Crippen LogP contribution in [0.2, 0.25) is 0 Å². The van der Waals surface area contributed by atoms with Crippen LogP contribution in [0.5, 0.6) is 0 Å². The zero-order chi connectivity index (χ0) is 18.1. The van der Waals surface area contributed by atoms with Crippen molar-refractivity contribution in [2.24, 2.45) is 5.73 Å². The number of nitrogens with two attached hydrogens (primary N) is 1. The molecule has 0 unspecified atom stereocenters. The molecular formula is C18H13N5O2S. The summed E-state index contributed by atoms with van der Waals surface area (Å²) in [4.78, 5) is 30.8. The molecule has 0 spiro atoms. The smallest absolute Gasteiger partial charge is 0.325 e. The first-order valence-corrected chi connectivity index (χ1v) is 8.61. The average molecular weight is 363 g/mol. The maximum Gasteiger partial charge on any atom is 0.325 e. The summed E-state index contributed by atoms with van der Waals surface area (Å²) in [5.74, 6) is 0.209. The molecule has 0 aliphatic rings. The topological polar surface area (TPSA) is 93.6 Å². The fourth-order valence-corrected chi connectivity index (χ4v) is 3.32. The molecule has 3 aromatic heterocycles. The third-order valence-electron chi connectivity index (χ3n) is 3.78. The molecule has 7 nitrogen and oxygen atoms in total. The number of hydrogen-bond acceptors (Lipinski definition) is 5. The van der Waals surface area contributed by atoms with E-state index in [1.54, 1.807) is 48.7 Å². The van der Waals surface area contributed by atoms with Crippen molar-refractivity contribution in [2.75, 3.05) is 4.90 Å². The Kier molecular flexibility index (Phi) is 3.94. The minimum atomic E-state index is -0.662. The summed E-state index contributed by atoms with van der Waals surface area (Å²) in [6.45, 7) is 0.